The molecule has 0 saturated carbocycles. The number of benzene rings is 2. The third-order valence-corrected chi connectivity index (χ3v) is 3.36. The zero-order valence-corrected chi connectivity index (χ0v) is 11.9. The Kier molecular flexibility index (Phi) is 3.98. The Morgan fingerprint density at radius 1 is 1.21 bits per heavy atom. The van der Waals surface area contributed by atoms with Crippen molar-refractivity contribution >= 4 is 33.6 Å². The van der Waals surface area contributed by atoms with E-state index in [1.165, 1.54) is 0 Å². The van der Waals surface area contributed by atoms with Crippen molar-refractivity contribution in [2.75, 3.05) is 11.9 Å². The fourth-order valence-electron chi connectivity index (χ4n) is 1.92. The summed E-state index contributed by atoms with van der Waals surface area (Å²) in [6.45, 7) is 0. The molecule has 0 bridgehead atoms. The molecular weight excluding hydrogens is 304 g/mol. The quantitative estimate of drug-likeness (QED) is 0.807. The van der Waals surface area contributed by atoms with Crippen LogP contribution in [0.2, 0.25) is 0 Å². The van der Waals surface area contributed by atoms with Gasteiger partial charge < -0.3 is 4.90 Å². The fraction of sp³-hybridized carbons (Fsp3) is 0.0667. The van der Waals surface area contributed by atoms with Gasteiger partial charge in [0.2, 0.25) is 0 Å². The summed E-state index contributed by atoms with van der Waals surface area (Å²) in [7, 11) is 1.84. The molecule has 0 N–H and O–H groups in total. The van der Waals surface area contributed by atoms with Crippen molar-refractivity contribution in [1.82, 2.24) is 0 Å². The van der Waals surface area contributed by atoms with Gasteiger partial charge in [0.15, 0.2) is 6.29 Å². The molecular formula is C15H11BrN2O. The molecule has 0 unspecified atom stereocenters. The second kappa shape index (κ2) is 5.68. The lowest BCUT2D eigenvalue weighted by Gasteiger charge is -2.22. The average molecular weight is 315 g/mol. The number of hydrogen-bond acceptors (Lipinski definition) is 3. The summed E-state index contributed by atoms with van der Waals surface area (Å²) >= 11 is 3.34. The monoisotopic (exact) mass is 314 g/mol. The van der Waals surface area contributed by atoms with Crippen molar-refractivity contribution in [3.8, 4) is 6.07 Å². The summed E-state index contributed by atoms with van der Waals surface area (Å²) < 4.78 is 0.848. The molecule has 0 aliphatic rings. The first-order chi connectivity index (χ1) is 9.17. The summed E-state index contributed by atoms with van der Waals surface area (Å²) in [5.41, 5.74) is 2.69. The van der Waals surface area contributed by atoms with Crippen LogP contribution in [-0.2, 0) is 0 Å². The van der Waals surface area contributed by atoms with E-state index >= 15 is 0 Å². The molecule has 0 aliphatic heterocycles. The van der Waals surface area contributed by atoms with E-state index in [4.69, 9.17) is 5.26 Å². The van der Waals surface area contributed by atoms with E-state index in [0.717, 1.165) is 22.1 Å². The molecule has 0 aromatic heterocycles. The highest BCUT2D eigenvalue weighted by Gasteiger charge is 2.12. The largest absolute Gasteiger partial charge is 0.343 e. The molecule has 19 heavy (non-hydrogen) atoms. The minimum absolute atomic E-state index is 0.574. The van der Waals surface area contributed by atoms with Gasteiger partial charge in [-0.15, -0.1) is 0 Å². The highest BCUT2D eigenvalue weighted by Crippen LogP contribution is 2.30. The van der Waals surface area contributed by atoms with Crippen LogP contribution in [0, 0.1) is 11.3 Å². The van der Waals surface area contributed by atoms with Crippen molar-refractivity contribution in [2.45, 2.75) is 0 Å². The average Bonchev–Trinajstić information content (AvgIpc) is 2.46. The number of carbonyl (C=O) groups excluding carboxylic acids is 1. The molecule has 0 aliphatic carbocycles. The summed E-state index contributed by atoms with van der Waals surface area (Å²) in [5.74, 6) is 0. The normalized spacial score (nSPS) is 9.74. The van der Waals surface area contributed by atoms with E-state index in [0.29, 0.717) is 11.1 Å². The molecule has 0 saturated heterocycles. The molecule has 4 heteroatoms. The Morgan fingerprint density at radius 2 is 1.95 bits per heavy atom. The number of anilines is 2. The van der Waals surface area contributed by atoms with E-state index in [9.17, 15) is 4.79 Å². The van der Waals surface area contributed by atoms with Crippen LogP contribution in [0.4, 0.5) is 11.4 Å². The number of aldehydes is 1. The van der Waals surface area contributed by atoms with Gasteiger partial charge in [0.05, 0.1) is 16.9 Å². The Hall–Kier alpha value is -2.12. The zero-order valence-electron chi connectivity index (χ0n) is 10.3. The van der Waals surface area contributed by atoms with Gasteiger partial charge in [-0.3, -0.25) is 4.79 Å². The van der Waals surface area contributed by atoms with Gasteiger partial charge in [0, 0.05) is 17.1 Å². The Balaban J connectivity index is 2.53. The molecule has 0 fully saturated rings. The number of carbonyl (C=O) groups is 1. The van der Waals surface area contributed by atoms with Crippen LogP contribution in [0.1, 0.15) is 15.9 Å². The van der Waals surface area contributed by atoms with Crippen molar-refractivity contribution < 1.29 is 4.79 Å². The third kappa shape index (κ3) is 2.67. The first-order valence-corrected chi connectivity index (χ1v) is 6.44. The standard InChI is InChI=1S/C15H11BrN2O/c1-18(14-5-3-2-4-11(14)9-17)15-7-6-13(16)8-12(15)10-19/h2-8,10H,1H3. The zero-order chi connectivity index (χ0) is 13.8. The lowest BCUT2D eigenvalue weighted by atomic mass is 10.1. The number of halogens is 1. The third-order valence-electron chi connectivity index (χ3n) is 2.86. The first kappa shape index (κ1) is 13.3. The molecule has 2 aromatic carbocycles. The van der Waals surface area contributed by atoms with Crippen LogP contribution in [0.3, 0.4) is 0 Å². The minimum atomic E-state index is 0.574. The van der Waals surface area contributed by atoms with Crippen LogP contribution in [0.15, 0.2) is 46.9 Å². The predicted molar refractivity (Wildman–Crippen MR) is 78.7 cm³/mol. The molecule has 0 atom stereocenters. The van der Waals surface area contributed by atoms with Crippen LogP contribution in [-0.4, -0.2) is 13.3 Å². The molecule has 0 amide bonds. The van der Waals surface area contributed by atoms with E-state index < -0.39 is 0 Å². The second-order valence-corrected chi connectivity index (χ2v) is 4.92. The van der Waals surface area contributed by atoms with Crippen LogP contribution < -0.4 is 4.90 Å². The molecule has 3 nitrogen and oxygen atoms in total. The maximum atomic E-state index is 11.2. The fourth-order valence-corrected chi connectivity index (χ4v) is 2.29. The summed E-state index contributed by atoms with van der Waals surface area (Å²) in [6.07, 6.45) is 0.811. The molecule has 2 aromatic rings. The van der Waals surface area contributed by atoms with Gasteiger partial charge in [-0.25, -0.2) is 0 Å². The number of rotatable bonds is 3. The SMILES string of the molecule is CN(c1ccccc1C#N)c1ccc(Br)cc1C=O. The number of para-hydroxylation sites is 1. The number of hydrogen-bond donors (Lipinski definition) is 0. The maximum absolute atomic E-state index is 11.2. The van der Waals surface area contributed by atoms with Crippen LogP contribution >= 0.6 is 15.9 Å². The Bertz CT molecular complexity index is 661. The topological polar surface area (TPSA) is 44.1 Å². The van der Waals surface area contributed by atoms with Gasteiger partial charge in [-0.2, -0.15) is 5.26 Å². The maximum Gasteiger partial charge on any atom is 0.152 e. The van der Waals surface area contributed by atoms with Crippen molar-refractivity contribution in [2.24, 2.45) is 0 Å². The van der Waals surface area contributed by atoms with E-state index in [1.807, 2.05) is 42.3 Å². The van der Waals surface area contributed by atoms with Crippen LogP contribution in [0.25, 0.3) is 0 Å². The summed E-state index contributed by atoms with van der Waals surface area (Å²) in [4.78, 5) is 13.0. The highest BCUT2D eigenvalue weighted by atomic mass is 79.9. The smallest absolute Gasteiger partial charge is 0.152 e. The first-order valence-electron chi connectivity index (χ1n) is 5.65. The highest BCUT2D eigenvalue weighted by molar-refractivity contribution is 9.10. The van der Waals surface area contributed by atoms with Crippen molar-refractivity contribution in [3.63, 3.8) is 0 Å². The van der Waals surface area contributed by atoms with E-state index in [-0.39, 0.29) is 0 Å². The lowest BCUT2D eigenvalue weighted by molar-refractivity contribution is 0.112. The second-order valence-electron chi connectivity index (χ2n) is 4.01. The Morgan fingerprint density at radius 3 is 2.63 bits per heavy atom. The molecule has 2 rings (SSSR count). The van der Waals surface area contributed by atoms with Gasteiger partial charge in [0.1, 0.15) is 6.07 Å². The van der Waals surface area contributed by atoms with Gasteiger partial charge in [0.25, 0.3) is 0 Å². The van der Waals surface area contributed by atoms with E-state index in [2.05, 4.69) is 22.0 Å². The molecule has 0 spiro atoms. The van der Waals surface area contributed by atoms with Gasteiger partial charge in [-0.05, 0) is 30.3 Å². The Labute approximate surface area is 120 Å². The summed E-state index contributed by atoms with van der Waals surface area (Å²) in [5, 5.41) is 9.13. The van der Waals surface area contributed by atoms with Crippen molar-refractivity contribution in [3.05, 3.63) is 58.1 Å². The molecule has 0 heterocycles. The molecule has 0 radical (unpaired) electrons. The predicted octanol–water partition coefficient (Wildman–Crippen LogP) is 3.90. The number of nitrogens with zero attached hydrogens (tertiary/aromatic N) is 2. The lowest BCUT2D eigenvalue weighted by Crippen LogP contribution is -2.13. The van der Waals surface area contributed by atoms with Crippen LogP contribution in [0.5, 0.6) is 0 Å². The number of nitriles is 1. The van der Waals surface area contributed by atoms with Crippen molar-refractivity contribution in [1.29, 1.82) is 5.26 Å². The molecule has 94 valence electrons. The van der Waals surface area contributed by atoms with Gasteiger partial charge >= 0.3 is 0 Å². The van der Waals surface area contributed by atoms with E-state index in [1.54, 1.807) is 12.1 Å². The van der Waals surface area contributed by atoms with Gasteiger partial charge in [-0.1, -0.05) is 28.1 Å². The minimum Gasteiger partial charge on any atom is -0.343 e. The summed E-state index contributed by atoms with van der Waals surface area (Å²) in [6, 6.07) is 14.9.